The summed E-state index contributed by atoms with van der Waals surface area (Å²) in [6.07, 6.45) is 2.21. The highest BCUT2D eigenvalue weighted by Crippen LogP contribution is 2.24. The number of thiocarbonyl (C=S) groups is 1. The fraction of sp³-hybridized carbons (Fsp3) is 0.462. The number of methoxy groups -OCH3 is 1. The van der Waals surface area contributed by atoms with Crippen LogP contribution in [0.1, 0.15) is 24.8 Å². The normalized spacial score (nSPS) is 22.4. The van der Waals surface area contributed by atoms with Gasteiger partial charge in [0.25, 0.3) is 0 Å². The zero-order valence-electron chi connectivity index (χ0n) is 11.5. The molecule has 0 heterocycles. The van der Waals surface area contributed by atoms with Gasteiger partial charge < -0.3 is 10.5 Å². The highest BCUT2D eigenvalue weighted by molar-refractivity contribution is 7.89. The Bertz CT molecular complexity index is 649. The lowest BCUT2D eigenvalue weighted by Gasteiger charge is -2.14. The Morgan fingerprint density at radius 1 is 1.48 bits per heavy atom. The summed E-state index contributed by atoms with van der Waals surface area (Å²) in [5, 5.41) is 0. The molecule has 0 spiro atoms. The lowest BCUT2D eigenvalue weighted by Crippen LogP contribution is -2.33. The van der Waals surface area contributed by atoms with Crippen LogP contribution in [0.25, 0.3) is 0 Å². The predicted molar refractivity (Wildman–Crippen MR) is 81.0 cm³/mol. The van der Waals surface area contributed by atoms with E-state index in [9.17, 15) is 12.8 Å². The van der Waals surface area contributed by atoms with Gasteiger partial charge in [-0.25, -0.2) is 17.5 Å². The summed E-state index contributed by atoms with van der Waals surface area (Å²) in [6, 6.07) is 3.22. The van der Waals surface area contributed by atoms with E-state index in [0.717, 1.165) is 18.6 Å². The Hall–Kier alpha value is -1.09. The van der Waals surface area contributed by atoms with Gasteiger partial charge in [0, 0.05) is 18.7 Å². The van der Waals surface area contributed by atoms with Crippen LogP contribution in [0.4, 0.5) is 4.39 Å². The molecule has 21 heavy (non-hydrogen) atoms. The van der Waals surface area contributed by atoms with Crippen LogP contribution in [0.5, 0.6) is 0 Å². The summed E-state index contributed by atoms with van der Waals surface area (Å²) in [5.74, 6) is -0.637. The molecule has 1 fully saturated rings. The smallest absolute Gasteiger partial charge is 0.240 e. The van der Waals surface area contributed by atoms with Crippen LogP contribution in [0, 0.1) is 5.82 Å². The molecule has 0 aliphatic heterocycles. The average Bonchev–Trinajstić information content (AvgIpc) is 2.85. The monoisotopic (exact) mass is 332 g/mol. The Morgan fingerprint density at radius 3 is 2.76 bits per heavy atom. The number of nitrogens with two attached hydrogens (primary N) is 1. The number of nitrogens with one attached hydrogen (secondary N) is 1. The van der Waals surface area contributed by atoms with Crippen molar-refractivity contribution in [3.63, 3.8) is 0 Å². The first-order valence-electron chi connectivity index (χ1n) is 6.48. The Kier molecular flexibility index (Phi) is 4.92. The van der Waals surface area contributed by atoms with Crippen LogP contribution in [-0.2, 0) is 14.8 Å². The first-order valence-corrected chi connectivity index (χ1v) is 8.37. The van der Waals surface area contributed by atoms with Crippen LogP contribution >= 0.6 is 12.2 Å². The van der Waals surface area contributed by atoms with E-state index in [-0.39, 0.29) is 27.6 Å². The maximum Gasteiger partial charge on any atom is 0.240 e. The molecule has 2 rings (SSSR count). The zero-order valence-corrected chi connectivity index (χ0v) is 13.1. The number of ether oxygens (including phenoxy) is 1. The van der Waals surface area contributed by atoms with Gasteiger partial charge in [-0.3, -0.25) is 0 Å². The highest BCUT2D eigenvalue weighted by Gasteiger charge is 2.29. The number of rotatable bonds is 5. The van der Waals surface area contributed by atoms with Crippen molar-refractivity contribution in [3.05, 3.63) is 29.6 Å². The third-order valence-corrected chi connectivity index (χ3v) is 5.29. The van der Waals surface area contributed by atoms with Crippen molar-refractivity contribution in [1.29, 1.82) is 0 Å². The number of benzene rings is 1. The molecule has 1 aromatic rings. The molecule has 1 aliphatic rings. The fourth-order valence-electron chi connectivity index (χ4n) is 2.41. The van der Waals surface area contributed by atoms with E-state index >= 15 is 0 Å². The lowest BCUT2D eigenvalue weighted by molar-refractivity contribution is 0.107. The molecule has 2 unspecified atom stereocenters. The third-order valence-electron chi connectivity index (χ3n) is 3.55. The molecule has 8 heteroatoms. The van der Waals surface area contributed by atoms with Gasteiger partial charge in [0.15, 0.2) is 0 Å². The first kappa shape index (κ1) is 16.3. The summed E-state index contributed by atoms with van der Waals surface area (Å²) in [7, 11) is -2.13. The van der Waals surface area contributed by atoms with Crippen molar-refractivity contribution >= 4 is 27.2 Å². The van der Waals surface area contributed by atoms with E-state index in [4.69, 9.17) is 22.7 Å². The summed E-state index contributed by atoms with van der Waals surface area (Å²) >= 11 is 4.71. The topological polar surface area (TPSA) is 81.4 Å². The molecular formula is C13H17FN2O3S2. The molecule has 0 aromatic heterocycles. The van der Waals surface area contributed by atoms with Gasteiger partial charge in [-0.05, 0) is 37.5 Å². The maximum atomic E-state index is 13.5. The van der Waals surface area contributed by atoms with Gasteiger partial charge in [-0.1, -0.05) is 12.2 Å². The van der Waals surface area contributed by atoms with Gasteiger partial charge in [0.1, 0.15) is 10.8 Å². The third kappa shape index (κ3) is 3.76. The van der Waals surface area contributed by atoms with E-state index in [1.807, 2.05) is 0 Å². The fourth-order valence-corrected chi connectivity index (χ4v) is 3.87. The summed E-state index contributed by atoms with van der Waals surface area (Å²) < 4.78 is 45.9. The van der Waals surface area contributed by atoms with Crippen molar-refractivity contribution in [2.45, 2.75) is 36.3 Å². The predicted octanol–water partition coefficient (Wildman–Crippen LogP) is 1.31. The van der Waals surface area contributed by atoms with Crippen molar-refractivity contribution in [1.82, 2.24) is 4.72 Å². The highest BCUT2D eigenvalue weighted by atomic mass is 32.2. The molecule has 5 nitrogen and oxygen atoms in total. The molecule has 116 valence electrons. The molecule has 0 amide bonds. The maximum absolute atomic E-state index is 13.5. The Balaban J connectivity index is 2.20. The van der Waals surface area contributed by atoms with Gasteiger partial charge in [0.05, 0.1) is 11.0 Å². The average molecular weight is 332 g/mol. The van der Waals surface area contributed by atoms with Gasteiger partial charge in [-0.2, -0.15) is 0 Å². The largest absolute Gasteiger partial charge is 0.389 e. The molecule has 2 atom stereocenters. The zero-order chi connectivity index (χ0) is 15.6. The van der Waals surface area contributed by atoms with Gasteiger partial charge in [-0.15, -0.1) is 0 Å². The van der Waals surface area contributed by atoms with Crippen molar-refractivity contribution < 1.29 is 17.5 Å². The van der Waals surface area contributed by atoms with E-state index in [1.54, 1.807) is 7.11 Å². The molecule has 3 N–H and O–H groups in total. The summed E-state index contributed by atoms with van der Waals surface area (Å²) in [6.45, 7) is 0. The molecule has 0 bridgehead atoms. The van der Waals surface area contributed by atoms with E-state index in [0.29, 0.717) is 12.8 Å². The second kappa shape index (κ2) is 6.35. The van der Waals surface area contributed by atoms with Crippen molar-refractivity contribution in [2.24, 2.45) is 5.73 Å². The molecular weight excluding hydrogens is 315 g/mol. The number of sulfonamides is 1. The van der Waals surface area contributed by atoms with Crippen LogP contribution in [-0.4, -0.2) is 32.7 Å². The van der Waals surface area contributed by atoms with Gasteiger partial charge >= 0.3 is 0 Å². The van der Waals surface area contributed by atoms with Gasteiger partial charge in [0.2, 0.25) is 10.0 Å². The minimum absolute atomic E-state index is 0.0485. The molecule has 1 aromatic carbocycles. The van der Waals surface area contributed by atoms with E-state index < -0.39 is 15.8 Å². The molecule has 0 saturated heterocycles. The number of hydrogen-bond donors (Lipinski definition) is 2. The first-order chi connectivity index (χ1) is 9.83. The SMILES string of the molecule is COC1CCC(NS(=O)(=O)c2ccc(F)c(C(N)=S)c2)C1. The van der Waals surface area contributed by atoms with Crippen LogP contribution in [0.3, 0.4) is 0 Å². The second-order valence-electron chi connectivity index (χ2n) is 4.99. The Morgan fingerprint density at radius 2 is 2.19 bits per heavy atom. The minimum Gasteiger partial charge on any atom is -0.389 e. The lowest BCUT2D eigenvalue weighted by atomic mass is 10.2. The van der Waals surface area contributed by atoms with Crippen LogP contribution in [0.15, 0.2) is 23.1 Å². The second-order valence-corrected chi connectivity index (χ2v) is 7.15. The standard InChI is InChI=1S/C13H17FN2O3S2/c1-19-9-3-2-8(6-9)16-21(17,18)10-4-5-12(14)11(7-10)13(15)20/h4-5,7-9,16H,2-3,6H2,1H3,(H2,15,20). The molecule has 1 saturated carbocycles. The Labute approximate surface area is 128 Å². The summed E-state index contributed by atoms with van der Waals surface area (Å²) in [5.41, 5.74) is 5.31. The van der Waals surface area contributed by atoms with E-state index in [2.05, 4.69) is 4.72 Å². The molecule has 1 aliphatic carbocycles. The van der Waals surface area contributed by atoms with Crippen molar-refractivity contribution in [2.75, 3.05) is 7.11 Å². The van der Waals surface area contributed by atoms with Crippen LogP contribution in [0.2, 0.25) is 0 Å². The quantitative estimate of drug-likeness (QED) is 0.795. The van der Waals surface area contributed by atoms with Crippen molar-refractivity contribution in [3.8, 4) is 0 Å². The summed E-state index contributed by atoms with van der Waals surface area (Å²) in [4.78, 5) is -0.225. The van der Waals surface area contributed by atoms with E-state index in [1.165, 1.54) is 6.07 Å². The molecule has 0 radical (unpaired) electrons. The minimum atomic E-state index is -3.74. The number of hydrogen-bond acceptors (Lipinski definition) is 4. The number of halogens is 1. The van der Waals surface area contributed by atoms with Crippen LogP contribution < -0.4 is 10.5 Å².